The van der Waals surface area contributed by atoms with Crippen molar-refractivity contribution in [2.75, 3.05) is 5.75 Å². The number of carbonyl (C=O) groups excluding carboxylic acids is 1. The summed E-state index contributed by atoms with van der Waals surface area (Å²) in [4.78, 5) is 13.9. The van der Waals surface area contributed by atoms with Gasteiger partial charge in [-0.15, -0.1) is 28.5 Å². The molecule has 32 heavy (non-hydrogen) atoms. The molecule has 1 aromatic heterocycles. The molecular weight excluding hydrogens is 434 g/mol. The van der Waals surface area contributed by atoms with E-state index in [2.05, 4.69) is 41.0 Å². The zero-order chi connectivity index (χ0) is 22.2. The van der Waals surface area contributed by atoms with Gasteiger partial charge in [-0.3, -0.25) is 4.79 Å². The van der Waals surface area contributed by atoms with Crippen molar-refractivity contribution >= 4 is 29.3 Å². The van der Waals surface area contributed by atoms with Crippen LogP contribution < -0.4 is 0 Å². The van der Waals surface area contributed by atoms with Crippen LogP contribution in [-0.4, -0.2) is 26.3 Å². The minimum atomic E-state index is 0.0722. The van der Waals surface area contributed by atoms with E-state index < -0.39 is 0 Å². The summed E-state index contributed by atoms with van der Waals surface area (Å²) in [6, 6.07) is 28.1. The van der Waals surface area contributed by atoms with E-state index in [9.17, 15) is 4.79 Å². The molecule has 0 atom stereocenters. The van der Waals surface area contributed by atoms with Crippen LogP contribution in [0, 0.1) is 0 Å². The van der Waals surface area contributed by atoms with E-state index >= 15 is 0 Å². The van der Waals surface area contributed by atoms with E-state index in [4.69, 9.17) is 0 Å². The molecule has 0 spiro atoms. The van der Waals surface area contributed by atoms with Crippen molar-refractivity contribution < 1.29 is 4.79 Å². The zero-order valence-corrected chi connectivity index (χ0v) is 19.2. The molecule has 0 aliphatic rings. The monoisotopic (exact) mass is 457 g/mol. The van der Waals surface area contributed by atoms with Crippen LogP contribution in [0.2, 0.25) is 0 Å². The Hall–Kier alpha value is -3.09. The molecule has 0 aliphatic heterocycles. The average Bonchev–Trinajstić information content (AvgIpc) is 3.24. The fourth-order valence-corrected chi connectivity index (χ4v) is 4.92. The minimum absolute atomic E-state index is 0.0722. The average molecular weight is 458 g/mol. The van der Waals surface area contributed by atoms with Crippen LogP contribution in [0.3, 0.4) is 0 Å². The number of benzene rings is 3. The fourth-order valence-electron chi connectivity index (χ4n) is 3.20. The number of rotatable bonds is 10. The third-order valence-corrected chi connectivity index (χ3v) is 6.84. The van der Waals surface area contributed by atoms with Crippen molar-refractivity contribution in [1.82, 2.24) is 14.8 Å². The smallest absolute Gasteiger partial charge is 0.191 e. The Morgan fingerprint density at radius 1 is 0.844 bits per heavy atom. The SMILES string of the molecule is C=CCn1c(CSc2ccccc2)nnc1SCC(=O)c1ccc(-c2ccccc2)cc1. The largest absolute Gasteiger partial charge is 0.301 e. The lowest BCUT2D eigenvalue weighted by atomic mass is 10.0. The predicted molar refractivity (Wildman–Crippen MR) is 133 cm³/mol. The van der Waals surface area contributed by atoms with Crippen molar-refractivity contribution in [3.05, 3.63) is 109 Å². The predicted octanol–water partition coefficient (Wildman–Crippen LogP) is 6.40. The van der Waals surface area contributed by atoms with Crippen LogP contribution in [0.25, 0.3) is 11.1 Å². The van der Waals surface area contributed by atoms with Crippen LogP contribution in [-0.2, 0) is 12.3 Å². The molecule has 0 aliphatic carbocycles. The molecule has 0 bridgehead atoms. The first kappa shape index (κ1) is 22.1. The van der Waals surface area contributed by atoms with Gasteiger partial charge in [0.15, 0.2) is 10.9 Å². The quantitative estimate of drug-likeness (QED) is 0.157. The van der Waals surface area contributed by atoms with Gasteiger partial charge in [-0.1, -0.05) is 90.6 Å². The summed E-state index contributed by atoms with van der Waals surface area (Å²) in [6.07, 6.45) is 1.83. The van der Waals surface area contributed by atoms with Crippen LogP contribution >= 0.6 is 23.5 Å². The second kappa shape index (κ2) is 11.0. The Labute approximate surface area is 196 Å². The maximum absolute atomic E-state index is 12.7. The van der Waals surface area contributed by atoms with Crippen LogP contribution in [0.4, 0.5) is 0 Å². The molecule has 3 aromatic carbocycles. The van der Waals surface area contributed by atoms with Crippen LogP contribution in [0.5, 0.6) is 0 Å². The van der Waals surface area contributed by atoms with E-state index in [0.29, 0.717) is 23.6 Å². The Morgan fingerprint density at radius 2 is 1.50 bits per heavy atom. The first-order valence-corrected chi connectivity index (χ1v) is 12.2. The number of ketones is 1. The van der Waals surface area contributed by atoms with Crippen molar-refractivity contribution in [3.8, 4) is 11.1 Å². The highest BCUT2D eigenvalue weighted by Crippen LogP contribution is 2.25. The molecule has 4 aromatic rings. The number of hydrogen-bond donors (Lipinski definition) is 0. The second-order valence-corrected chi connectivity index (χ2v) is 9.05. The Morgan fingerprint density at radius 3 is 2.19 bits per heavy atom. The second-order valence-electron chi connectivity index (χ2n) is 7.06. The summed E-state index contributed by atoms with van der Waals surface area (Å²) in [5.74, 6) is 1.97. The van der Waals surface area contributed by atoms with Gasteiger partial charge in [0.1, 0.15) is 5.82 Å². The molecule has 0 unspecified atom stereocenters. The molecule has 0 N–H and O–H groups in total. The summed E-state index contributed by atoms with van der Waals surface area (Å²) in [5, 5.41) is 9.43. The van der Waals surface area contributed by atoms with Gasteiger partial charge in [-0.05, 0) is 23.3 Å². The van der Waals surface area contributed by atoms with E-state index in [-0.39, 0.29) is 5.78 Å². The molecule has 0 fully saturated rings. The molecule has 0 saturated carbocycles. The Kier molecular flexibility index (Phi) is 7.59. The molecule has 4 rings (SSSR count). The van der Waals surface area contributed by atoms with Crippen molar-refractivity contribution in [1.29, 1.82) is 0 Å². The van der Waals surface area contributed by atoms with Gasteiger partial charge < -0.3 is 4.57 Å². The molecule has 160 valence electrons. The lowest BCUT2D eigenvalue weighted by Crippen LogP contribution is -2.06. The third-order valence-electron chi connectivity index (χ3n) is 4.86. The standard InChI is InChI=1S/C26H23N3OS2/c1-2-17-29-25(19-31-23-11-7-4-8-12-23)27-28-26(29)32-18-24(30)22-15-13-21(14-16-22)20-9-5-3-6-10-20/h2-16H,1,17-19H2. The highest BCUT2D eigenvalue weighted by atomic mass is 32.2. The number of hydrogen-bond acceptors (Lipinski definition) is 5. The number of nitrogens with zero attached hydrogens (tertiary/aromatic N) is 3. The van der Waals surface area contributed by atoms with Crippen molar-refractivity contribution in [3.63, 3.8) is 0 Å². The summed E-state index contributed by atoms with van der Waals surface area (Å²) in [5.41, 5.74) is 2.94. The first-order chi connectivity index (χ1) is 15.7. The number of carbonyl (C=O) groups is 1. The number of thioether (sulfide) groups is 2. The van der Waals surface area contributed by atoms with Gasteiger partial charge >= 0.3 is 0 Å². The summed E-state index contributed by atoms with van der Waals surface area (Å²) in [7, 11) is 0. The fraction of sp³-hybridized carbons (Fsp3) is 0.115. The van der Waals surface area contributed by atoms with E-state index in [0.717, 1.165) is 22.1 Å². The number of Topliss-reactive ketones (excluding diaryl/α,β-unsaturated/α-hetero) is 1. The first-order valence-electron chi connectivity index (χ1n) is 10.3. The highest BCUT2D eigenvalue weighted by Gasteiger charge is 2.15. The molecule has 4 nitrogen and oxygen atoms in total. The molecular formula is C26H23N3OS2. The topological polar surface area (TPSA) is 47.8 Å². The molecule has 0 amide bonds. The van der Waals surface area contributed by atoms with E-state index in [1.54, 1.807) is 11.8 Å². The molecule has 1 heterocycles. The molecule has 6 heteroatoms. The van der Waals surface area contributed by atoms with Gasteiger partial charge in [0, 0.05) is 17.0 Å². The number of aromatic nitrogens is 3. The maximum atomic E-state index is 12.7. The molecule has 0 radical (unpaired) electrons. The Balaban J connectivity index is 1.40. The lowest BCUT2D eigenvalue weighted by Gasteiger charge is -2.08. The highest BCUT2D eigenvalue weighted by molar-refractivity contribution is 7.99. The van der Waals surface area contributed by atoms with E-state index in [1.807, 2.05) is 71.3 Å². The summed E-state index contributed by atoms with van der Waals surface area (Å²) in [6.45, 7) is 4.46. The van der Waals surface area contributed by atoms with E-state index in [1.165, 1.54) is 16.7 Å². The van der Waals surface area contributed by atoms with Crippen molar-refractivity contribution in [2.24, 2.45) is 0 Å². The van der Waals surface area contributed by atoms with Gasteiger partial charge in [-0.25, -0.2) is 0 Å². The third kappa shape index (κ3) is 5.58. The van der Waals surface area contributed by atoms with Crippen molar-refractivity contribution in [2.45, 2.75) is 22.3 Å². The number of allylic oxidation sites excluding steroid dienone is 1. The zero-order valence-electron chi connectivity index (χ0n) is 17.6. The lowest BCUT2D eigenvalue weighted by molar-refractivity contribution is 0.102. The summed E-state index contributed by atoms with van der Waals surface area (Å²) >= 11 is 3.13. The van der Waals surface area contributed by atoms with Crippen LogP contribution in [0.15, 0.2) is 108 Å². The normalized spacial score (nSPS) is 10.8. The maximum Gasteiger partial charge on any atom is 0.191 e. The molecule has 0 saturated heterocycles. The Bertz CT molecular complexity index is 1170. The van der Waals surface area contributed by atoms with Gasteiger partial charge in [0.2, 0.25) is 0 Å². The summed E-state index contributed by atoms with van der Waals surface area (Å²) < 4.78 is 2.03. The van der Waals surface area contributed by atoms with Gasteiger partial charge in [0.05, 0.1) is 11.5 Å². The minimum Gasteiger partial charge on any atom is -0.301 e. The van der Waals surface area contributed by atoms with Crippen LogP contribution in [0.1, 0.15) is 16.2 Å². The van der Waals surface area contributed by atoms with Gasteiger partial charge in [-0.2, -0.15) is 0 Å². The van der Waals surface area contributed by atoms with Gasteiger partial charge in [0.25, 0.3) is 0 Å².